The second kappa shape index (κ2) is 8.89. The number of hydrogen-bond donors (Lipinski definition) is 1. The third-order valence-corrected chi connectivity index (χ3v) is 6.66. The number of carbonyl (C=O) groups excluding carboxylic acids is 1. The first-order valence-corrected chi connectivity index (χ1v) is 11.3. The highest BCUT2D eigenvalue weighted by Crippen LogP contribution is 2.39. The quantitative estimate of drug-likeness (QED) is 0.802. The minimum Gasteiger partial charge on any atom is -0.485 e. The minimum atomic E-state index is -0.619. The molecule has 164 valence electrons. The van der Waals surface area contributed by atoms with Crippen molar-refractivity contribution in [2.45, 2.75) is 50.0 Å². The number of rotatable bonds is 5. The van der Waals surface area contributed by atoms with E-state index in [2.05, 4.69) is 40.5 Å². The Morgan fingerprint density at radius 2 is 1.74 bits per heavy atom. The molecule has 1 spiro atoms. The zero-order chi connectivity index (χ0) is 21.1. The highest BCUT2D eigenvalue weighted by atomic mass is 16.6. The zero-order valence-electron chi connectivity index (χ0n) is 17.8. The second-order valence-corrected chi connectivity index (χ2v) is 8.83. The number of piperidine rings is 1. The van der Waals surface area contributed by atoms with Gasteiger partial charge in [-0.3, -0.25) is 9.69 Å². The number of para-hydroxylation sites is 2. The summed E-state index contributed by atoms with van der Waals surface area (Å²) in [5, 5.41) is 3.01. The summed E-state index contributed by atoms with van der Waals surface area (Å²) in [5.74, 6) is 1.16. The number of likely N-dealkylation sites (tertiary alicyclic amines) is 1. The number of carbonyl (C=O) groups is 1. The van der Waals surface area contributed by atoms with Gasteiger partial charge in [0.2, 0.25) is 6.10 Å². The third-order valence-electron chi connectivity index (χ3n) is 6.66. The number of amides is 1. The first-order chi connectivity index (χ1) is 15.2. The molecule has 0 aliphatic carbocycles. The minimum absolute atomic E-state index is 0.0219. The molecule has 6 heteroatoms. The summed E-state index contributed by atoms with van der Waals surface area (Å²) in [6.45, 7) is 3.87. The molecule has 3 aliphatic rings. The van der Waals surface area contributed by atoms with E-state index >= 15 is 0 Å². The van der Waals surface area contributed by atoms with Crippen molar-refractivity contribution in [3.8, 4) is 11.5 Å². The van der Waals surface area contributed by atoms with E-state index in [1.165, 1.54) is 5.56 Å². The van der Waals surface area contributed by atoms with Gasteiger partial charge < -0.3 is 19.5 Å². The van der Waals surface area contributed by atoms with Crippen molar-refractivity contribution in [2.24, 2.45) is 0 Å². The molecule has 2 aromatic rings. The van der Waals surface area contributed by atoms with Crippen molar-refractivity contribution in [1.82, 2.24) is 10.2 Å². The second-order valence-electron chi connectivity index (χ2n) is 8.83. The molecule has 1 amide bonds. The molecule has 0 bridgehead atoms. The first-order valence-electron chi connectivity index (χ1n) is 11.3. The molecule has 2 fully saturated rings. The van der Waals surface area contributed by atoms with Crippen LogP contribution in [0.4, 0.5) is 0 Å². The molecule has 31 heavy (non-hydrogen) atoms. The lowest BCUT2D eigenvalue weighted by molar-refractivity contribution is -0.131. The fourth-order valence-electron chi connectivity index (χ4n) is 4.84. The molecule has 2 atom stereocenters. The summed E-state index contributed by atoms with van der Waals surface area (Å²) >= 11 is 0. The van der Waals surface area contributed by atoms with E-state index in [0.717, 1.165) is 45.3 Å². The van der Waals surface area contributed by atoms with Gasteiger partial charge in [-0.2, -0.15) is 0 Å². The predicted octanol–water partition coefficient (Wildman–Crippen LogP) is 3.16. The Labute approximate surface area is 183 Å². The predicted molar refractivity (Wildman–Crippen MR) is 117 cm³/mol. The van der Waals surface area contributed by atoms with Crippen LogP contribution in [0.15, 0.2) is 54.6 Å². The summed E-state index contributed by atoms with van der Waals surface area (Å²) in [6, 6.07) is 18.1. The Balaban J connectivity index is 1.07. The van der Waals surface area contributed by atoms with Crippen LogP contribution < -0.4 is 14.8 Å². The van der Waals surface area contributed by atoms with Crippen LogP contribution >= 0.6 is 0 Å². The largest absolute Gasteiger partial charge is 0.485 e. The van der Waals surface area contributed by atoms with Gasteiger partial charge in [0.25, 0.3) is 5.91 Å². The van der Waals surface area contributed by atoms with Gasteiger partial charge in [0.1, 0.15) is 6.61 Å². The molecular formula is C25H30N2O4. The van der Waals surface area contributed by atoms with Crippen LogP contribution in [-0.2, 0) is 16.1 Å². The number of ether oxygens (including phenoxy) is 3. The van der Waals surface area contributed by atoms with E-state index in [4.69, 9.17) is 14.2 Å². The maximum Gasteiger partial charge on any atom is 0.264 e. The van der Waals surface area contributed by atoms with Crippen molar-refractivity contribution < 1.29 is 19.0 Å². The molecule has 1 N–H and O–H groups in total. The van der Waals surface area contributed by atoms with Crippen LogP contribution in [0, 0.1) is 0 Å². The monoisotopic (exact) mass is 422 g/mol. The molecule has 2 saturated heterocycles. The van der Waals surface area contributed by atoms with Gasteiger partial charge in [0.15, 0.2) is 11.5 Å². The van der Waals surface area contributed by atoms with Crippen LogP contribution in [0.5, 0.6) is 11.5 Å². The number of nitrogens with zero attached hydrogens (tertiary/aromatic N) is 1. The van der Waals surface area contributed by atoms with E-state index < -0.39 is 6.10 Å². The summed E-state index contributed by atoms with van der Waals surface area (Å²) in [6.07, 6.45) is 3.63. The van der Waals surface area contributed by atoms with Crippen molar-refractivity contribution >= 4 is 5.91 Å². The lowest BCUT2D eigenvalue weighted by atomic mass is 9.88. The van der Waals surface area contributed by atoms with Gasteiger partial charge in [-0.05, 0) is 43.4 Å². The molecule has 3 aliphatic heterocycles. The van der Waals surface area contributed by atoms with Crippen molar-refractivity contribution in [3.63, 3.8) is 0 Å². The van der Waals surface area contributed by atoms with E-state index in [-0.39, 0.29) is 24.2 Å². The molecule has 0 saturated carbocycles. The molecule has 3 heterocycles. The van der Waals surface area contributed by atoms with Crippen molar-refractivity contribution in [2.75, 3.05) is 26.2 Å². The van der Waals surface area contributed by atoms with E-state index in [9.17, 15) is 4.79 Å². The fourth-order valence-corrected chi connectivity index (χ4v) is 4.84. The molecular weight excluding hydrogens is 392 g/mol. The van der Waals surface area contributed by atoms with Crippen molar-refractivity contribution in [1.29, 1.82) is 0 Å². The highest BCUT2D eigenvalue weighted by Gasteiger charge is 2.42. The molecule has 2 aromatic carbocycles. The number of hydrogen-bond acceptors (Lipinski definition) is 5. The average Bonchev–Trinajstić information content (AvgIpc) is 3.22. The first kappa shape index (κ1) is 20.3. The average molecular weight is 423 g/mol. The molecule has 5 rings (SSSR count). The van der Waals surface area contributed by atoms with Gasteiger partial charge >= 0.3 is 0 Å². The maximum absolute atomic E-state index is 12.6. The fraction of sp³-hybridized carbons (Fsp3) is 0.480. The number of benzene rings is 2. The van der Waals surface area contributed by atoms with E-state index in [1.807, 2.05) is 24.3 Å². The highest BCUT2D eigenvalue weighted by molar-refractivity contribution is 5.81. The van der Waals surface area contributed by atoms with Crippen LogP contribution in [0.2, 0.25) is 0 Å². The SMILES string of the molecule is O=C(NCC1CCC2(CCN(Cc3ccccc3)CC2)O1)C1COc2ccccc2O1. The van der Waals surface area contributed by atoms with Crippen molar-refractivity contribution in [3.05, 3.63) is 60.2 Å². The maximum atomic E-state index is 12.6. The van der Waals surface area contributed by atoms with Crippen LogP contribution in [0.3, 0.4) is 0 Å². The Morgan fingerprint density at radius 3 is 2.55 bits per heavy atom. The molecule has 0 aromatic heterocycles. The Bertz CT molecular complexity index is 895. The van der Waals surface area contributed by atoms with E-state index in [0.29, 0.717) is 18.0 Å². The molecule has 0 radical (unpaired) electrons. The lowest BCUT2D eigenvalue weighted by Gasteiger charge is -2.39. The summed E-state index contributed by atoms with van der Waals surface area (Å²) in [4.78, 5) is 15.1. The van der Waals surface area contributed by atoms with Gasteiger partial charge in [-0.1, -0.05) is 42.5 Å². The van der Waals surface area contributed by atoms with Crippen LogP contribution in [0.25, 0.3) is 0 Å². The number of fused-ring (bicyclic) bond motifs is 1. The van der Waals surface area contributed by atoms with Gasteiger partial charge in [0.05, 0.1) is 11.7 Å². The molecule has 2 unspecified atom stereocenters. The summed E-state index contributed by atoms with van der Waals surface area (Å²) in [7, 11) is 0. The Hall–Kier alpha value is -2.57. The van der Waals surface area contributed by atoms with Gasteiger partial charge in [0, 0.05) is 26.2 Å². The van der Waals surface area contributed by atoms with E-state index in [1.54, 1.807) is 0 Å². The van der Waals surface area contributed by atoms with Gasteiger partial charge in [-0.15, -0.1) is 0 Å². The van der Waals surface area contributed by atoms with Crippen LogP contribution in [0.1, 0.15) is 31.2 Å². The molecule has 6 nitrogen and oxygen atoms in total. The van der Waals surface area contributed by atoms with Gasteiger partial charge in [-0.25, -0.2) is 0 Å². The summed E-state index contributed by atoms with van der Waals surface area (Å²) < 4.78 is 17.9. The Kier molecular flexibility index (Phi) is 5.83. The normalized spacial score (nSPS) is 24.8. The third kappa shape index (κ3) is 4.70. The Morgan fingerprint density at radius 1 is 1.00 bits per heavy atom. The summed E-state index contributed by atoms with van der Waals surface area (Å²) in [5.41, 5.74) is 1.34. The number of nitrogens with one attached hydrogen (secondary N) is 1. The standard InChI is InChI=1S/C25H30N2O4/c28-24(23-18-29-21-8-4-5-9-22(21)30-23)26-16-20-10-11-25(31-20)12-14-27(15-13-25)17-19-6-2-1-3-7-19/h1-9,20,23H,10-18H2,(H,26,28). The van der Waals surface area contributed by atoms with Crippen LogP contribution in [-0.4, -0.2) is 54.9 Å². The lowest BCUT2D eigenvalue weighted by Crippen LogP contribution is -2.47. The smallest absolute Gasteiger partial charge is 0.264 e. The topological polar surface area (TPSA) is 60.0 Å². The zero-order valence-corrected chi connectivity index (χ0v) is 17.8.